The van der Waals surface area contributed by atoms with Gasteiger partial charge in [0, 0.05) is 24.5 Å². The molecule has 27 heavy (non-hydrogen) atoms. The summed E-state index contributed by atoms with van der Waals surface area (Å²) in [6.07, 6.45) is 11.1. The Morgan fingerprint density at radius 3 is 2.00 bits per heavy atom. The van der Waals surface area contributed by atoms with Crippen LogP contribution in [-0.2, 0) is 15.8 Å². The van der Waals surface area contributed by atoms with Gasteiger partial charge in [0.2, 0.25) is 0 Å². The molecule has 1 rings (SSSR count). The van der Waals surface area contributed by atoms with E-state index in [4.69, 9.17) is 4.43 Å². The highest BCUT2D eigenvalue weighted by atomic mass is 32.2. The molecule has 1 saturated carbocycles. The van der Waals surface area contributed by atoms with E-state index in [0.717, 1.165) is 26.0 Å². The molecule has 0 saturated heterocycles. The Kier molecular flexibility index (Phi) is 10.4. The first-order valence-corrected chi connectivity index (χ1v) is 15.2. The number of rotatable bonds is 10. The lowest BCUT2D eigenvalue weighted by Crippen LogP contribution is -2.49. The van der Waals surface area contributed by atoms with E-state index in [9.17, 15) is 4.55 Å². The van der Waals surface area contributed by atoms with Gasteiger partial charge in [-0.05, 0) is 64.6 Å². The zero-order chi connectivity index (χ0) is 20.7. The summed E-state index contributed by atoms with van der Waals surface area (Å²) in [6.45, 7) is 19.8. The maximum Gasteiger partial charge on any atom is 0.191 e. The van der Waals surface area contributed by atoms with Crippen molar-refractivity contribution in [2.45, 2.75) is 128 Å². The quantitative estimate of drug-likeness (QED) is 0.226. The molecular weight excluding hydrogens is 370 g/mol. The zero-order valence-electron chi connectivity index (χ0n) is 19.5. The standard InChI is InChI=1S/C22H47NO2SSi/c1-21(2,3)26(24)23(20-16-12-11-13-17-20)18-14-9-10-15-19-25-27(7,8)22(4,5)6/h20H,9-19H2,1-8H3. The van der Waals surface area contributed by atoms with Crippen molar-refractivity contribution in [2.24, 2.45) is 0 Å². The highest BCUT2D eigenvalue weighted by molar-refractivity contribution is 7.90. The predicted molar refractivity (Wildman–Crippen MR) is 123 cm³/mol. The SMILES string of the molecule is CC(C)(C)[S+]([O-])N(CCCCCCO[Si](C)(C)C(C)(C)C)C1CCCCC1. The molecule has 0 amide bonds. The van der Waals surface area contributed by atoms with E-state index in [2.05, 4.69) is 58.9 Å². The minimum absolute atomic E-state index is 0.158. The number of hydrogen-bond acceptors (Lipinski definition) is 3. The first-order chi connectivity index (χ1) is 12.4. The largest absolute Gasteiger partial charge is 0.597 e. The topological polar surface area (TPSA) is 35.5 Å². The Hall–Kier alpha value is 0.447. The van der Waals surface area contributed by atoms with Crippen LogP contribution in [0.4, 0.5) is 0 Å². The molecule has 162 valence electrons. The summed E-state index contributed by atoms with van der Waals surface area (Å²) in [5.41, 5.74) is 0. The molecule has 0 N–H and O–H groups in total. The van der Waals surface area contributed by atoms with Crippen LogP contribution >= 0.6 is 0 Å². The van der Waals surface area contributed by atoms with Crippen LogP contribution < -0.4 is 0 Å². The second-order valence-corrected chi connectivity index (χ2v) is 17.8. The van der Waals surface area contributed by atoms with Crippen molar-refractivity contribution < 1.29 is 8.98 Å². The van der Waals surface area contributed by atoms with Crippen molar-refractivity contribution in [3.05, 3.63) is 0 Å². The fraction of sp³-hybridized carbons (Fsp3) is 1.00. The zero-order valence-corrected chi connectivity index (χ0v) is 21.3. The maximum atomic E-state index is 13.1. The number of unbranched alkanes of at least 4 members (excludes halogenated alkanes) is 3. The summed E-state index contributed by atoms with van der Waals surface area (Å²) in [5, 5.41) is 0.296. The predicted octanol–water partition coefficient (Wildman–Crippen LogP) is 6.67. The minimum atomic E-state index is -1.60. The maximum absolute atomic E-state index is 13.1. The second-order valence-electron chi connectivity index (χ2n) is 10.8. The van der Waals surface area contributed by atoms with Crippen molar-refractivity contribution in [1.29, 1.82) is 0 Å². The highest BCUT2D eigenvalue weighted by Gasteiger charge is 2.38. The average molecular weight is 418 g/mol. The lowest BCUT2D eigenvalue weighted by molar-refractivity contribution is 0.241. The Morgan fingerprint density at radius 2 is 1.48 bits per heavy atom. The van der Waals surface area contributed by atoms with Gasteiger partial charge in [0.05, 0.1) is 6.04 Å². The third-order valence-electron chi connectivity index (χ3n) is 6.26. The van der Waals surface area contributed by atoms with Gasteiger partial charge in [-0.1, -0.05) is 52.9 Å². The van der Waals surface area contributed by atoms with Gasteiger partial charge in [0.15, 0.2) is 8.32 Å². The number of nitrogens with zero attached hydrogens (tertiary/aromatic N) is 1. The van der Waals surface area contributed by atoms with E-state index in [1.807, 2.05) is 0 Å². The van der Waals surface area contributed by atoms with E-state index in [-0.39, 0.29) is 4.75 Å². The average Bonchev–Trinajstić information content (AvgIpc) is 2.55. The molecule has 0 aromatic heterocycles. The van der Waals surface area contributed by atoms with Crippen LogP contribution in [0.5, 0.6) is 0 Å². The molecule has 1 aliphatic carbocycles. The van der Waals surface area contributed by atoms with E-state index in [1.54, 1.807) is 0 Å². The van der Waals surface area contributed by atoms with Crippen LogP contribution in [0, 0.1) is 0 Å². The summed E-state index contributed by atoms with van der Waals surface area (Å²) in [6, 6.07) is 0.528. The van der Waals surface area contributed by atoms with Crippen LogP contribution in [-0.4, -0.2) is 41.1 Å². The molecule has 1 unspecified atom stereocenters. The van der Waals surface area contributed by atoms with Crippen LogP contribution in [0.2, 0.25) is 18.1 Å². The van der Waals surface area contributed by atoms with Gasteiger partial charge in [-0.25, -0.2) is 0 Å². The molecule has 1 atom stereocenters. The van der Waals surface area contributed by atoms with Crippen molar-refractivity contribution in [3.8, 4) is 0 Å². The third kappa shape index (κ3) is 8.77. The normalized spacial score (nSPS) is 18.9. The summed E-state index contributed by atoms with van der Waals surface area (Å²) < 4.78 is 21.5. The molecule has 5 heteroatoms. The van der Waals surface area contributed by atoms with Gasteiger partial charge < -0.3 is 8.98 Å². The fourth-order valence-electron chi connectivity index (χ4n) is 3.39. The lowest BCUT2D eigenvalue weighted by Gasteiger charge is -2.39. The van der Waals surface area contributed by atoms with Crippen LogP contribution in [0.15, 0.2) is 0 Å². The van der Waals surface area contributed by atoms with E-state index in [1.165, 1.54) is 44.9 Å². The van der Waals surface area contributed by atoms with Gasteiger partial charge in [-0.2, -0.15) is 0 Å². The van der Waals surface area contributed by atoms with E-state index in [0.29, 0.717) is 11.1 Å². The van der Waals surface area contributed by atoms with Crippen LogP contribution in [0.3, 0.4) is 0 Å². The molecule has 0 aromatic carbocycles. The molecule has 1 aliphatic rings. The first-order valence-electron chi connectivity index (χ1n) is 11.2. The summed E-state index contributed by atoms with van der Waals surface area (Å²) in [7, 11) is -1.60. The van der Waals surface area contributed by atoms with Gasteiger partial charge in [0.25, 0.3) is 0 Å². The van der Waals surface area contributed by atoms with Gasteiger partial charge >= 0.3 is 0 Å². The first kappa shape index (κ1) is 25.5. The second kappa shape index (κ2) is 11.0. The Labute approximate surface area is 174 Å². The molecule has 0 aromatic rings. The van der Waals surface area contributed by atoms with Crippen molar-refractivity contribution >= 4 is 19.7 Å². The van der Waals surface area contributed by atoms with Crippen molar-refractivity contribution in [2.75, 3.05) is 13.2 Å². The molecule has 0 aliphatic heterocycles. The summed E-state index contributed by atoms with van der Waals surface area (Å²) in [4.78, 5) is 0. The molecule has 0 spiro atoms. The van der Waals surface area contributed by atoms with Crippen molar-refractivity contribution in [1.82, 2.24) is 4.31 Å². The summed E-state index contributed by atoms with van der Waals surface area (Å²) >= 11 is -0.889. The monoisotopic (exact) mass is 417 g/mol. The lowest BCUT2D eigenvalue weighted by atomic mass is 9.95. The Bertz CT molecular complexity index is 412. The molecule has 0 heterocycles. The molecule has 0 radical (unpaired) electrons. The van der Waals surface area contributed by atoms with Gasteiger partial charge in [0.1, 0.15) is 4.75 Å². The van der Waals surface area contributed by atoms with Gasteiger partial charge in [-0.3, -0.25) is 0 Å². The van der Waals surface area contributed by atoms with Crippen LogP contribution in [0.1, 0.15) is 99.3 Å². The Morgan fingerprint density at radius 1 is 0.926 bits per heavy atom. The number of hydrogen-bond donors (Lipinski definition) is 0. The molecular formula is C22H47NO2SSi. The van der Waals surface area contributed by atoms with E-state index < -0.39 is 19.7 Å². The minimum Gasteiger partial charge on any atom is -0.597 e. The molecule has 0 bridgehead atoms. The molecule has 3 nitrogen and oxygen atoms in total. The fourth-order valence-corrected chi connectivity index (χ4v) is 5.96. The summed E-state index contributed by atoms with van der Waals surface area (Å²) in [5.74, 6) is 0. The van der Waals surface area contributed by atoms with Gasteiger partial charge in [-0.15, -0.1) is 4.31 Å². The molecule has 1 fully saturated rings. The Balaban J connectivity index is 2.35. The van der Waals surface area contributed by atoms with Crippen LogP contribution in [0.25, 0.3) is 0 Å². The van der Waals surface area contributed by atoms with E-state index >= 15 is 0 Å². The third-order valence-corrected chi connectivity index (χ3v) is 12.8. The van der Waals surface area contributed by atoms with Crippen molar-refractivity contribution in [3.63, 3.8) is 0 Å². The smallest absolute Gasteiger partial charge is 0.191 e. The highest BCUT2D eigenvalue weighted by Crippen LogP contribution is 2.36.